The molecule has 0 spiro atoms. The third kappa shape index (κ3) is 10.7. The van der Waals surface area contributed by atoms with Crippen LogP contribution in [0.5, 0.6) is 5.75 Å². The summed E-state index contributed by atoms with van der Waals surface area (Å²) in [6.07, 6.45) is 13.5. The van der Waals surface area contributed by atoms with E-state index in [2.05, 4.69) is 12.1 Å². The Morgan fingerprint density at radius 2 is 1.46 bits per heavy atom. The van der Waals surface area contributed by atoms with Crippen molar-refractivity contribution in [1.29, 1.82) is 0 Å². The van der Waals surface area contributed by atoms with E-state index in [0.29, 0.717) is 6.79 Å². The van der Waals surface area contributed by atoms with Gasteiger partial charge in [0.1, 0.15) is 5.75 Å². The van der Waals surface area contributed by atoms with E-state index in [0.717, 1.165) is 18.6 Å². The fourth-order valence-electron chi connectivity index (χ4n) is 2.97. The summed E-state index contributed by atoms with van der Waals surface area (Å²) in [5.41, 5.74) is 1.28. The van der Waals surface area contributed by atoms with E-state index < -0.39 is 0 Å². The third-order valence-electron chi connectivity index (χ3n) is 4.37. The molecule has 24 heavy (non-hydrogen) atoms. The van der Waals surface area contributed by atoms with Gasteiger partial charge in [0.15, 0.2) is 6.79 Å². The molecule has 0 aliphatic carbocycles. The maximum absolute atomic E-state index is 9.20. The molecule has 1 aromatic rings. The number of rotatable bonds is 15. The van der Waals surface area contributed by atoms with Gasteiger partial charge in [0.2, 0.25) is 0 Å². The Labute approximate surface area is 148 Å². The minimum atomic E-state index is -0.130. The van der Waals surface area contributed by atoms with Crippen molar-refractivity contribution in [2.75, 3.05) is 13.9 Å². The highest BCUT2D eigenvalue weighted by Crippen LogP contribution is 2.21. The van der Waals surface area contributed by atoms with Gasteiger partial charge in [0, 0.05) is 7.11 Å². The van der Waals surface area contributed by atoms with Gasteiger partial charge in [0.25, 0.3) is 0 Å². The Bertz CT molecular complexity index is 404. The lowest BCUT2D eigenvalue weighted by Gasteiger charge is -2.10. The summed E-state index contributed by atoms with van der Waals surface area (Å²) in [6, 6.07) is 8.26. The van der Waals surface area contributed by atoms with E-state index in [4.69, 9.17) is 9.47 Å². The van der Waals surface area contributed by atoms with Crippen molar-refractivity contribution in [1.82, 2.24) is 0 Å². The number of aliphatic hydroxyl groups excluding tert-OH is 1. The zero-order chi connectivity index (χ0) is 17.5. The van der Waals surface area contributed by atoms with Crippen LogP contribution in [0, 0.1) is 0 Å². The molecule has 0 aromatic heterocycles. The molecule has 1 unspecified atom stereocenters. The van der Waals surface area contributed by atoms with Crippen molar-refractivity contribution in [2.24, 2.45) is 0 Å². The normalized spacial score (nSPS) is 12.3. The molecule has 3 nitrogen and oxygen atoms in total. The minimum Gasteiger partial charge on any atom is -0.467 e. The molecule has 0 radical (unpaired) electrons. The SMILES string of the molecule is COCOc1ccccc1CCCCCCCCCCCC(C)O. The summed E-state index contributed by atoms with van der Waals surface area (Å²) in [7, 11) is 1.65. The van der Waals surface area contributed by atoms with Crippen molar-refractivity contribution >= 4 is 0 Å². The van der Waals surface area contributed by atoms with Crippen LogP contribution in [0.2, 0.25) is 0 Å². The number of hydrogen-bond donors (Lipinski definition) is 1. The van der Waals surface area contributed by atoms with Gasteiger partial charge in [-0.05, 0) is 37.8 Å². The Hall–Kier alpha value is -1.06. The monoisotopic (exact) mass is 336 g/mol. The van der Waals surface area contributed by atoms with Crippen LogP contribution in [-0.2, 0) is 11.2 Å². The summed E-state index contributed by atoms with van der Waals surface area (Å²) in [4.78, 5) is 0. The zero-order valence-corrected chi connectivity index (χ0v) is 15.6. The second-order valence-electron chi connectivity index (χ2n) is 6.73. The van der Waals surface area contributed by atoms with Crippen LogP contribution in [0.4, 0.5) is 0 Å². The molecule has 1 aromatic carbocycles. The summed E-state index contributed by atoms with van der Waals surface area (Å²) < 4.78 is 10.6. The lowest BCUT2D eigenvalue weighted by molar-refractivity contribution is 0.0504. The molecule has 0 amide bonds. The first-order valence-corrected chi connectivity index (χ1v) is 9.61. The average molecular weight is 337 g/mol. The molecular weight excluding hydrogens is 300 g/mol. The highest BCUT2D eigenvalue weighted by atomic mass is 16.7. The van der Waals surface area contributed by atoms with E-state index in [1.807, 2.05) is 19.1 Å². The quantitative estimate of drug-likeness (QED) is 0.340. The van der Waals surface area contributed by atoms with E-state index in [9.17, 15) is 5.11 Å². The molecule has 0 fully saturated rings. The molecule has 3 heteroatoms. The van der Waals surface area contributed by atoms with Crippen LogP contribution in [-0.4, -0.2) is 25.1 Å². The second-order valence-corrected chi connectivity index (χ2v) is 6.73. The largest absolute Gasteiger partial charge is 0.467 e. The first-order valence-electron chi connectivity index (χ1n) is 9.61. The molecule has 1 atom stereocenters. The summed E-state index contributed by atoms with van der Waals surface area (Å²) >= 11 is 0. The fraction of sp³-hybridized carbons (Fsp3) is 0.714. The van der Waals surface area contributed by atoms with Gasteiger partial charge in [0.05, 0.1) is 6.10 Å². The second kappa shape index (κ2) is 14.3. The van der Waals surface area contributed by atoms with Gasteiger partial charge in [-0.15, -0.1) is 0 Å². The fourth-order valence-corrected chi connectivity index (χ4v) is 2.97. The van der Waals surface area contributed by atoms with Crippen LogP contribution < -0.4 is 4.74 Å². The Morgan fingerprint density at radius 3 is 2.08 bits per heavy atom. The zero-order valence-electron chi connectivity index (χ0n) is 15.6. The Kier molecular flexibility index (Phi) is 12.5. The lowest BCUT2D eigenvalue weighted by atomic mass is 10.0. The topological polar surface area (TPSA) is 38.7 Å². The number of benzene rings is 1. The van der Waals surface area contributed by atoms with Crippen molar-refractivity contribution in [3.05, 3.63) is 29.8 Å². The van der Waals surface area contributed by atoms with E-state index >= 15 is 0 Å². The standard InChI is InChI=1S/C21H36O3/c1-19(22)14-10-8-6-4-3-5-7-9-11-15-20-16-12-13-17-21(20)24-18-23-2/h12-13,16-17,19,22H,3-11,14-15,18H2,1-2H3. The Balaban J connectivity index is 1.99. The van der Waals surface area contributed by atoms with Crippen molar-refractivity contribution in [2.45, 2.75) is 83.7 Å². The van der Waals surface area contributed by atoms with Crippen LogP contribution in [0.25, 0.3) is 0 Å². The van der Waals surface area contributed by atoms with Crippen molar-refractivity contribution < 1.29 is 14.6 Å². The van der Waals surface area contributed by atoms with Crippen LogP contribution in [0.3, 0.4) is 0 Å². The van der Waals surface area contributed by atoms with E-state index in [1.165, 1.54) is 63.4 Å². The summed E-state index contributed by atoms with van der Waals surface area (Å²) in [5.74, 6) is 0.955. The smallest absolute Gasteiger partial charge is 0.188 e. The number of aryl methyl sites for hydroxylation is 1. The van der Waals surface area contributed by atoms with Gasteiger partial charge in [-0.25, -0.2) is 0 Å². The molecule has 0 heterocycles. The lowest BCUT2D eigenvalue weighted by Crippen LogP contribution is -2.01. The number of methoxy groups -OCH3 is 1. The predicted octanol–water partition coefficient (Wildman–Crippen LogP) is 5.49. The van der Waals surface area contributed by atoms with Gasteiger partial charge in [-0.2, -0.15) is 0 Å². The number of unbranched alkanes of at least 4 members (excludes halogenated alkanes) is 8. The predicted molar refractivity (Wildman–Crippen MR) is 101 cm³/mol. The van der Waals surface area contributed by atoms with Gasteiger partial charge in [-0.3, -0.25) is 0 Å². The van der Waals surface area contributed by atoms with Gasteiger partial charge >= 0.3 is 0 Å². The molecule has 0 saturated carbocycles. The van der Waals surface area contributed by atoms with Crippen molar-refractivity contribution in [3.8, 4) is 5.75 Å². The van der Waals surface area contributed by atoms with Crippen LogP contribution in [0.15, 0.2) is 24.3 Å². The molecule has 1 rings (SSSR count). The molecular formula is C21H36O3. The van der Waals surface area contributed by atoms with Crippen LogP contribution in [0.1, 0.15) is 76.7 Å². The molecule has 0 aliphatic rings. The maximum atomic E-state index is 9.20. The minimum absolute atomic E-state index is 0.130. The summed E-state index contributed by atoms with van der Waals surface area (Å²) in [6.45, 7) is 2.19. The molecule has 0 saturated heterocycles. The Morgan fingerprint density at radius 1 is 0.875 bits per heavy atom. The highest BCUT2D eigenvalue weighted by molar-refractivity contribution is 5.33. The highest BCUT2D eigenvalue weighted by Gasteiger charge is 2.02. The number of aliphatic hydroxyl groups is 1. The maximum Gasteiger partial charge on any atom is 0.188 e. The number of hydrogen-bond acceptors (Lipinski definition) is 3. The van der Waals surface area contributed by atoms with Gasteiger partial charge in [-0.1, -0.05) is 69.6 Å². The first-order chi connectivity index (χ1) is 11.7. The average Bonchev–Trinajstić information content (AvgIpc) is 2.58. The summed E-state index contributed by atoms with van der Waals surface area (Å²) in [5, 5.41) is 9.20. The molecule has 0 aliphatic heterocycles. The number of para-hydroxylation sites is 1. The first kappa shape index (κ1) is 21.0. The van der Waals surface area contributed by atoms with Crippen LogP contribution >= 0.6 is 0 Å². The van der Waals surface area contributed by atoms with E-state index in [-0.39, 0.29) is 6.10 Å². The third-order valence-corrected chi connectivity index (χ3v) is 4.37. The molecule has 1 N–H and O–H groups in total. The molecule has 138 valence electrons. The molecule has 0 bridgehead atoms. The number of ether oxygens (including phenoxy) is 2. The van der Waals surface area contributed by atoms with Crippen molar-refractivity contribution in [3.63, 3.8) is 0 Å². The van der Waals surface area contributed by atoms with E-state index in [1.54, 1.807) is 7.11 Å². The van der Waals surface area contributed by atoms with Gasteiger partial charge < -0.3 is 14.6 Å².